The molecule has 202 valence electrons. The van der Waals surface area contributed by atoms with E-state index in [9.17, 15) is 33.0 Å². The molecule has 1 aromatic carbocycles. The maximum absolute atomic E-state index is 13.4. The fourth-order valence-corrected chi connectivity index (χ4v) is 4.48. The van der Waals surface area contributed by atoms with E-state index >= 15 is 0 Å². The minimum Gasteiger partial charge on any atom is -0.493 e. The van der Waals surface area contributed by atoms with Gasteiger partial charge in [0.2, 0.25) is 11.8 Å². The highest BCUT2D eigenvalue weighted by atomic mass is 127. The summed E-state index contributed by atoms with van der Waals surface area (Å²) in [7, 11) is 2.49. The lowest BCUT2D eigenvalue weighted by Gasteiger charge is -2.40. The first-order chi connectivity index (χ1) is 16.9. The molecule has 14 heteroatoms. The van der Waals surface area contributed by atoms with Crippen molar-refractivity contribution in [2.24, 2.45) is 0 Å². The van der Waals surface area contributed by atoms with Gasteiger partial charge in [-0.05, 0) is 46.4 Å². The first-order valence-electron chi connectivity index (χ1n) is 10.7. The zero-order valence-electron chi connectivity index (χ0n) is 19.5. The fraction of sp³-hybridized carbons (Fsp3) is 0.545. The van der Waals surface area contributed by atoms with Gasteiger partial charge in [0.05, 0.1) is 29.9 Å². The summed E-state index contributed by atoms with van der Waals surface area (Å²) in [5.74, 6) is -1.42. The van der Waals surface area contributed by atoms with E-state index in [-0.39, 0.29) is 36.8 Å². The second kappa shape index (κ2) is 13.4. The fourth-order valence-electron chi connectivity index (χ4n) is 3.68. The molecule has 0 unspecified atom stereocenters. The number of nitrogens with zero attached hydrogens (tertiary/aromatic N) is 1. The van der Waals surface area contributed by atoms with Gasteiger partial charge in [0.15, 0.2) is 11.5 Å². The van der Waals surface area contributed by atoms with Gasteiger partial charge in [-0.15, -0.1) is 0 Å². The van der Waals surface area contributed by atoms with E-state index in [1.54, 1.807) is 6.07 Å². The number of hydrogen-bond acceptors (Lipinski definition) is 8. The number of alkyl halides is 3. The van der Waals surface area contributed by atoms with E-state index in [1.807, 2.05) is 22.6 Å². The van der Waals surface area contributed by atoms with Gasteiger partial charge in [0.1, 0.15) is 25.4 Å². The van der Waals surface area contributed by atoms with Crippen molar-refractivity contribution in [2.75, 3.05) is 40.5 Å². The number of carbonyl (C=O) groups is 2. The van der Waals surface area contributed by atoms with Gasteiger partial charge in [-0.25, -0.2) is 0 Å². The van der Waals surface area contributed by atoms with E-state index in [0.717, 1.165) is 7.11 Å². The van der Waals surface area contributed by atoms with Crippen LogP contribution in [0.2, 0.25) is 0 Å². The van der Waals surface area contributed by atoms with Crippen molar-refractivity contribution in [3.63, 3.8) is 0 Å². The molecular weight excluding hydrogens is 604 g/mol. The summed E-state index contributed by atoms with van der Waals surface area (Å²) in [6, 6.07) is 1.59. The van der Waals surface area contributed by atoms with Gasteiger partial charge < -0.3 is 39.7 Å². The third-order valence-electron chi connectivity index (χ3n) is 5.28. The van der Waals surface area contributed by atoms with Gasteiger partial charge in [-0.3, -0.25) is 9.59 Å². The topological polar surface area (TPSA) is 138 Å². The molecule has 2 rings (SSSR count). The number of aliphatic hydroxyl groups excluding tert-OH is 3. The number of amides is 2. The summed E-state index contributed by atoms with van der Waals surface area (Å²) in [6.45, 7) is -3.12. The van der Waals surface area contributed by atoms with Crippen molar-refractivity contribution in [3.8, 4) is 11.5 Å². The number of methoxy groups -OCH3 is 2. The van der Waals surface area contributed by atoms with Gasteiger partial charge in [0.25, 0.3) is 0 Å². The van der Waals surface area contributed by atoms with E-state index < -0.39 is 55.8 Å². The zero-order chi connectivity index (χ0) is 27.0. The Bertz CT molecular complexity index is 960. The largest absolute Gasteiger partial charge is 0.493 e. The van der Waals surface area contributed by atoms with Crippen LogP contribution in [0.3, 0.4) is 0 Å². The molecule has 0 spiro atoms. The molecule has 1 aliphatic rings. The molecule has 36 heavy (non-hydrogen) atoms. The molecule has 0 aliphatic heterocycles. The Kier molecular flexibility index (Phi) is 11.2. The van der Waals surface area contributed by atoms with Crippen LogP contribution in [-0.4, -0.2) is 97.0 Å². The second-order valence-electron chi connectivity index (χ2n) is 7.85. The van der Waals surface area contributed by atoms with Crippen LogP contribution in [-0.2, 0) is 20.9 Å². The van der Waals surface area contributed by atoms with Crippen LogP contribution in [0.4, 0.5) is 13.2 Å². The van der Waals surface area contributed by atoms with E-state index in [1.165, 1.54) is 19.3 Å². The molecule has 10 nitrogen and oxygen atoms in total. The average Bonchev–Trinajstić information content (AvgIpc) is 2.82. The number of benzene rings is 1. The van der Waals surface area contributed by atoms with Crippen molar-refractivity contribution >= 4 is 34.4 Å². The highest BCUT2D eigenvalue weighted by molar-refractivity contribution is 14.1. The minimum atomic E-state index is -4.79. The summed E-state index contributed by atoms with van der Waals surface area (Å²) >= 11 is 1.90. The van der Waals surface area contributed by atoms with Crippen LogP contribution in [0.25, 0.3) is 0 Å². The van der Waals surface area contributed by atoms with Gasteiger partial charge in [-0.1, -0.05) is 0 Å². The van der Waals surface area contributed by atoms with Crippen LogP contribution in [0, 0.1) is 3.57 Å². The Labute approximate surface area is 219 Å². The zero-order valence-corrected chi connectivity index (χ0v) is 21.7. The van der Waals surface area contributed by atoms with Crippen LogP contribution < -0.4 is 14.8 Å². The molecule has 0 aromatic heterocycles. The highest BCUT2D eigenvalue weighted by Crippen LogP contribution is 2.37. The number of hydrogen-bond donors (Lipinski definition) is 4. The number of nitrogens with one attached hydrogen (secondary N) is 1. The third-order valence-corrected chi connectivity index (χ3v) is 6.08. The Morgan fingerprint density at radius 2 is 1.94 bits per heavy atom. The minimum absolute atomic E-state index is 0.0397. The van der Waals surface area contributed by atoms with Crippen molar-refractivity contribution < 1.29 is 52.3 Å². The molecular formula is C22H28F3IN2O8. The molecule has 1 aromatic rings. The Balaban J connectivity index is 2.53. The highest BCUT2D eigenvalue weighted by Gasteiger charge is 2.44. The Morgan fingerprint density at radius 1 is 1.25 bits per heavy atom. The lowest BCUT2D eigenvalue weighted by Crippen LogP contribution is -2.57. The second-order valence-corrected chi connectivity index (χ2v) is 9.02. The van der Waals surface area contributed by atoms with Crippen molar-refractivity contribution in [1.82, 2.24) is 10.2 Å². The summed E-state index contributed by atoms with van der Waals surface area (Å²) in [4.78, 5) is 25.6. The molecule has 2 amide bonds. The molecule has 0 saturated heterocycles. The normalized spacial score (nSPS) is 19.9. The summed E-state index contributed by atoms with van der Waals surface area (Å²) in [5.41, 5.74) is 0.467. The lowest BCUT2D eigenvalue weighted by molar-refractivity contribution is -0.174. The van der Waals surface area contributed by atoms with Crippen molar-refractivity contribution in [2.45, 2.75) is 37.5 Å². The Hall–Kier alpha value is -2.14. The molecule has 0 bridgehead atoms. The molecule has 0 saturated carbocycles. The molecule has 3 atom stereocenters. The monoisotopic (exact) mass is 632 g/mol. The van der Waals surface area contributed by atoms with E-state index in [0.29, 0.717) is 14.0 Å². The predicted octanol–water partition coefficient (Wildman–Crippen LogP) is 0.745. The number of carbonyl (C=O) groups excluding carboxylic acids is 2. The smallest absolute Gasteiger partial charge is 0.406 e. The summed E-state index contributed by atoms with van der Waals surface area (Å²) < 4.78 is 56.5. The summed E-state index contributed by atoms with van der Waals surface area (Å²) in [5, 5.41) is 31.9. The number of rotatable bonds is 11. The van der Waals surface area contributed by atoms with Gasteiger partial charge in [-0.2, -0.15) is 13.2 Å². The van der Waals surface area contributed by atoms with Gasteiger partial charge in [0, 0.05) is 25.6 Å². The van der Waals surface area contributed by atoms with Crippen LogP contribution >= 0.6 is 22.6 Å². The van der Waals surface area contributed by atoms with Crippen LogP contribution in [0.5, 0.6) is 11.5 Å². The molecule has 4 N–H and O–H groups in total. The Morgan fingerprint density at radius 3 is 2.50 bits per heavy atom. The number of aliphatic hydroxyl groups is 3. The predicted molar refractivity (Wildman–Crippen MR) is 128 cm³/mol. The molecule has 0 fully saturated rings. The SMILES string of the molecule is COCC(=O)N(CC(F)(F)F)[C@@H]1CC(C(=O)NCCO)=C[C@H](Oc2c(I)cc(CO)cc2OC)[C@H]1O. The molecule has 0 heterocycles. The number of ether oxygens (including phenoxy) is 3. The average molecular weight is 632 g/mol. The standard InChI is InChI=1S/C22H28F3IN2O8/c1-34-10-18(31)28(11-22(23,24)25)15-7-13(21(33)27-3-4-29)8-16(19(15)32)36-20-14(26)5-12(9-30)6-17(20)35-2/h5-6,8,15-16,19,29-30,32H,3-4,7,9-11H2,1-2H3,(H,27,33)/t15-,16+,19+/m1/s1. The van der Waals surface area contributed by atoms with Crippen molar-refractivity contribution in [3.05, 3.63) is 32.9 Å². The lowest BCUT2D eigenvalue weighted by atomic mass is 9.88. The maximum atomic E-state index is 13.4. The number of halogens is 4. The van der Waals surface area contributed by atoms with E-state index in [2.05, 4.69) is 5.32 Å². The quantitative estimate of drug-likeness (QED) is 0.263. The first kappa shape index (κ1) is 30.1. The van der Waals surface area contributed by atoms with Crippen LogP contribution in [0.15, 0.2) is 23.8 Å². The van der Waals surface area contributed by atoms with Gasteiger partial charge >= 0.3 is 6.18 Å². The van der Waals surface area contributed by atoms with Crippen molar-refractivity contribution in [1.29, 1.82) is 0 Å². The van der Waals surface area contributed by atoms with Crippen LogP contribution in [0.1, 0.15) is 12.0 Å². The third kappa shape index (κ3) is 7.93. The van der Waals surface area contributed by atoms with E-state index in [4.69, 9.17) is 19.3 Å². The molecule has 0 radical (unpaired) electrons. The molecule has 1 aliphatic carbocycles. The first-order valence-corrected chi connectivity index (χ1v) is 11.8. The maximum Gasteiger partial charge on any atom is 0.406 e. The summed E-state index contributed by atoms with van der Waals surface area (Å²) in [6.07, 6.45) is -6.96.